The lowest BCUT2D eigenvalue weighted by Crippen LogP contribution is -2.25. The van der Waals surface area contributed by atoms with Crippen LogP contribution < -0.4 is 5.32 Å². The zero-order valence-corrected chi connectivity index (χ0v) is 15.6. The average Bonchev–Trinajstić information content (AvgIpc) is 2.63. The highest BCUT2D eigenvalue weighted by molar-refractivity contribution is 6.09. The van der Waals surface area contributed by atoms with Crippen LogP contribution in [0.4, 0.5) is 5.69 Å². The average molecular weight is 337 g/mol. The maximum Gasteiger partial charge on any atom is 0.100 e. The van der Waals surface area contributed by atoms with E-state index in [0.717, 1.165) is 71.6 Å². The molecular weight excluding hydrogens is 310 g/mol. The van der Waals surface area contributed by atoms with Crippen LogP contribution in [0.25, 0.3) is 21.9 Å². The van der Waals surface area contributed by atoms with Gasteiger partial charge in [0.25, 0.3) is 0 Å². The number of nitrogens with zero attached hydrogens (tertiary/aromatic N) is 4. The number of hydrogen-bond acceptors (Lipinski definition) is 5. The largest absolute Gasteiger partial charge is 0.384 e. The van der Waals surface area contributed by atoms with E-state index in [1.807, 2.05) is 38.2 Å². The number of rotatable bonds is 7. The number of hydrogen-bond donors (Lipinski definition) is 1. The molecule has 3 aromatic rings. The van der Waals surface area contributed by atoms with Gasteiger partial charge in [0.15, 0.2) is 0 Å². The summed E-state index contributed by atoms with van der Waals surface area (Å²) in [5, 5.41) is 4.65. The first-order chi connectivity index (χ1) is 12.1. The van der Waals surface area contributed by atoms with Crippen molar-refractivity contribution in [2.45, 2.75) is 34.1 Å². The predicted molar refractivity (Wildman–Crippen MR) is 105 cm³/mol. The first kappa shape index (κ1) is 17.5. The predicted octanol–water partition coefficient (Wildman–Crippen LogP) is 3.94. The van der Waals surface area contributed by atoms with E-state index in [0.29, 0.717) is 0 Å². The molecule has 3 rings (SSSR count). The SMILES string of the molecule is CCN(CC)CCCNc1ccnc2ccc3nc(C)c(C)nc3c12. The Bertz CT molecular complexity index is 871. The molecule has 5 heteroatoms. The first-order valence-corrected chi connectivity index (χ1v) is 9.13. The number of fused-ring (bicyclic) bond motifs is 3. The molecule has 5 nitrogen and oxygen atoms in total. The van der Waals surface area contributed by atoms with Gasteiger partial charge in [-0.3, -0.25) is 4.98 Å². The van der Waals surface area contributed by atoms with E-state index in [2.05, 4.69) is 34.0 Å². The maximum atomic E-state index is 4.80. The van der Waals surface area contributed by atoms with Gasteiger partial charge >= 0.3 is 0 Å². The van der Waals surface area contributed by atoms with E-state index in [-0.39, 0.29) is 0 Å². The highest BCUT2D eigenvalue weighted by atomic mass is 15.1. The quantitative estimate of drug-likeness (QED) is 0.523. The topological polar surface area (TPSA) is 53.9 Å². The minimum absolute atomic E-state index is 0.926. The minimum Gasteiger partial charge on any atom is -0.384 e. The Morgan fingerprint density at radius 2 is 1.68 bits per heavy atom. The molecule has 25 heavy (non-hydrogen) atoms. The monoisotopic (exact) mass is 337 g/mol. The van der Waals surface area contributed by atoms with Crippen LogP contribution in [-0.4, -0.2) is 46.0 Å². The van der Waals surface area contributed by atoms with Crippen molar-refractivity contribution in [3.8, 4) is 0 Å². The Morgan fingerprint density at radius 1 is 0.960 bits per heavy atom. The molecule has 0 bridgehead atoms. The molecule has 1 N–H and O–H groups in total. The van der Waals surface area contributed by atoms with Crippen LogP contribution in [-0.2, 0) is 0 Å². The first-order valence-electron chi connectivity index (χ1n) is 9.13. The fourth-order valence-electron chi connectivity index (χ4n) is 3.14. The van der Waals surface area contributed by atoms with Crippen molar-refractivity contribution in [2.24, 2.45) is 0 Å². The molecule has 0 aliphatic rings. The molecule has 132 valence electrons. The van der Waals surface area contributed by atoms with Crippen LogP contribution >= 0.6 is 0 Å². The van der Waals surface area contributed by atoms with Crippen LogP contribution in [0.3, 0.4) is 0 Å². The van der Waals surface area contributed by atoms with Crippen LogP contribution in [0.1, 0.15) is 31.7 Å². The Kier molecular flexibility index (Phi) is 5.43. The second kappa shape index (κ2) is 7.74. The molecule has 0 amide bonds. The molecule has 0 fully saturated rings. The van der Waals surface area contributed by atoms with Crippen molar-refractivity contribution >= 4 is 27.6 Å². The van der Waals surface area contributed by atoms with E-state index in [4.69, 9.17) is 4.98 Å². The van der Waals surface area contributed by atoms with Gasteiger partial charge in [-0.2, -0.15) is 0 Å². The van der Waals surface area contributed by atoms with Gasteiger partial charge in [0.2, 0.25) is 0 Å². The van der Waals surface area contributed by atoms with E-state index in [1.54, 1.807) is 0 Å². The van der Waals surface area contributed by atoms with Gasteiger partial charge in [-0.15, -0.1) is 0 Å². The van der Waals surface area contributed by atoms with Crippen molar-refractivity contribution in [3.05, 3.63) is 35.8 Å². The van der Waals surface area contributed by atoms with Crippen molar-refractivity contribution in [2.75, 3.05) is 31.5 Å². The Hall–Kier alpha value is -2.27. The van der Waals surface area contributed by atoms with E-state index in [1.165, 1.54) is 0 Å². The van der Waals surface area contributed by atoms with Crippen molar-refractivity contribution in [1.29, 1.82) is 0 Å². The fourth-order valence-corrected chi connectivity index (χ4v) is 3.14. The van der Waals surface area contributed by atoms with Gasteiger partial charge in [0.05, 0.1) is 27.8 Å². The molecule has 0 atom stereocenters. The number of pyridine rings is 1. The molecule has 0 spiro atoms. The third-order valence-electron chi connectivity index (χ3n) is 4.81. The van der Waals surface area contributed by atoms with Crippen LogP contribution in [0, 0.1) is 13.8 Å². The summed E-state index contributed by atoms with van der Waals surface area (Å²) in [6.45, 7) is 12.7. The number of nitrogens with one attached hydrogen (secondary N) is 1. The van der Waals surface area contributed by atoms with Crippen LogP contribution in [0.15, 0.2) is 24.4 Å². The van der Waals surface area contributed by atoms with Gasteiger partial charge in [-0.05, 0) is 58.1 Å². The lowest BCUT2D eigenvalue weighted by atomic mass is 10.1. The molecule has 1 aromatic carbocycles. The molecule has 0 aliphatic carbocycles. The number of benzene rings is 1. The van der Waals surface area contributed by atoms with Gasteiger partial charge in [-0.25, -0.2) is 9.97 Å². The highest BCUT2D eigenvalue weighted by Gasteiger charge is 2.10. The summed E-state index contributed by atoms with van der Waals surface area (Å²) in [6.07, 6.45) is 2.97. The maximum absolute atomic E-state index is 4.80. The van der Waals surface area contributed by atoms with Crippen LogP contribution in [0.2, 0.25) is 0 Å². The molecule has 2 heterocycles. The van der Waals surface area contributed by atoms with Crippen LogP contribution in [0.5, 0.6) is 0 Å². The summed E-state index contributed by atoms with van der Waals surface area (Å²) in [6, 6.07) is 6.08. The lowest BCUT2D eigenvalue weighted by molar-refractivity contribution is 0.303. The smallest absolute Gasteiger partial charge is 0.100 e. The van der Waals surface area contributed by atoms with Crippen molar-refractivity contribution < 1.29 is 0 Å². The molecule has 0 aliphatic heterocycles. The minimum atomic E-state index is 0.926. The summed E-state index contributed by atoms with van der Waals surface area (Å²) in [7, 11) is 0. The van der Waals surface area contributed by atoms with Gasteiger partial charge < -0.3 is 10.2 Å². The van der Waals surface area contributed by atoms with Gasteiger partial charge in [0.1, 0.15) is 5.52 Å². The standard InChI is InChI=1S/C20H27N5/c1-5-25(6-2)13-7-11-21-17-10-12-22-16-8-9-18-20(19(16)17)24-15(4)14(3)23-18/h8-10,12H,5-7,11,13H2,1-4H3,(H,21,22). The van der Waals surface area contributed by atoms with E-state index >= 15 is 0 Å². The lowest BCUT2D eigenvalue weighted by Gasteiger charge is -2.18. The Balaban J connectivity index is 1.90. The van der Waals surface area contributed by atoms with E-state index < -0.39 is 0 Å². The molecular formula is C20H27N5. The Morgan fingerprint density at radius 3 is 2.44 bits per heavy atom. The summed E-state index contributed by atoms with van der Waals surface area (Å²) in [5.41, 5.74) is 5.85. The zero-order valence-electron chi connectivity index (χ0n) is 15.6. The normalized spacial score (nSPS) is 11.6. The molecule has 2 aromatic heterocycles. The zero-order chi connectivity index (χ0) is 17.8. The van der Waals surface area contributed by atoms with Crippen molar-refractivity contribution in [3.63, 3.8) is 0 Å². The number of aryl methyl sites for hydroxylation is 2. The summed E-state index contributed by atoms with van der Waals surface area (Å²) < 4.78 is 0. The number of anilines is 1. The van der Waals surface area contributed by atoms with Crippen molar-refractivity contribution in [1.82, 2.24) is 19.9 Å². The second-order valence-electron chi connectivity index (χ2n) is 6.39. The molecule has 0 saturated carbocycles. The summed E-state index contributed by atoms with van der Waals surface area (Å²) in [5.74, 6) is 0. The second-order valence-corrected chi connectivity index (χ2v) is 6.39. The third-order valence-corrected chi connectivity index (χ3v) is 4.81. The molecule has 0 saturated heterocycles. The van der Waals surface area contributed by atoms with Gasteiger partial charge in [0, 0.05) is 18.4 Å². The summed E-state index contributed by atoms with van der Waals surface area (Å²) >= 11 is 0. The molecule has 0 unspecified atom stereocenters. The third kappa shape index (κ3) is 3.71. The highest BCUT2D eigenvalue weighted by Crippen LogP contribution is 2.28. The molecule has 0 radical (unpaired) electrons. The Labute approximate surface area is 149 Å². The fraction of sp³-hybridized carbons (Fsp3) is 0.450. The summed E-state index contributed by atoms with van der Waals surface area (Å²) in [4.78, 5) is 16.4. The number of aromatic nitrogens is 3. The van der Waals surface area contributed by atoms with Gasteiger partial charge in [-0.1, -0.05) is 13.8 Å². The van der Waals surface area contributed by atoms with E-state index in [9.17, 15) is 0 Å².